The van der Waals surface area contributed by atoms with Gasteiger partial charge in [0.1, 0.15) is 6.17 Å². The third-order valence-electron chi connectivity index (χ3n) is 3.44. The fraction of sp³-hybridized carbons (Fsp3) is 1.00. The molecule has 4 atom stereocenters. The number of hydrogen-bond donors (Lipinski definition) is 1. The van der Waals surface area contributed by atoms with Gasteiger partial charge in [-0.25, -0.2) is 4.39 Å². The van der Waals surface area contributed by atoms with Crippen molar-refractivity contribution >= 4 is 15.9 Å². The lowest BCUT2D eigenvalue weighted by molar-refractivity contribution is -0.319. The van der Waals surface area contributed by atoms with Gasteiger partial charge < -0.3 is 0 Å². The summed E-state index contributed by atoms with van der Waals surface area (Å²) in [5.74, 6) is -1.87. The normalized spacial score (nSPS) is 40.9. The van der Waals surface area contributed by atoms with Gasteiger partial charge in [0.25, 0.3) is 0 Å². The summed E-state index contributed by atoms with van der Waals surface area (Å²) in [6.07, 6.45) is -13.4. The van der Waals surface area contributed by atoms with E-state index in [2.05, 4.69) is 15.9 Å². The van der Waals surface area contributed by atoms with Gasteiger partial charge in [-0.2, -0.15) is 26.3 Å². The van der Waals surface area contributed by atoms with Crippen molar-refractivity contribution in [2.45, 2.75) is 41.4 Å². The lowest BCUT2D eigenvalue weighted by Gasteiger charge is -2.41. The molecule has 2 aliphatic rings. The van der Waals surface area contributed by atoms with Crippen molar-refractivity contribution in [1.29, 1.82) is 0 Å². The Morgan fingerprint density at radius 3 is 1.76 bits per heavy atom. The lowest BCUT2D eigenvalue weighted by atomic mass is 9.82. The predicted octanol–water partition coefficient (Wildman–Crippen LogP) is 2.94. The highest BCUT2D eigenvalue weighted by molar-refractivity contribution is 9.09. The summed E-state index contributed by atoms with van der Waals surface area (Å²) in [6, 6.07) is -1.46. The Bertz CT molecular complexity index is 311. The molecule has 0 amide bonds. The van der Waals surface area contributed by atoms with Crippen molar-refractivity contribution < 1.29 is 30.7 Å². The van der Waals surface area contributed by atoms with E-state index in [9.17, 15) is 30.7 Å². The molecule has 0 aromatic heterocycles. The maximum Gasteiger partial charge on any atom is 0.415 e. The maximum atomic E-state index is 13.2. The van der Waals surface area contributed by atoms with E-state index < -0.39 is 47.3 Å². The zero-order chi connectivity index (χ0) is 13.2. The Morgan fingerprint density at radius 1 is 1.06 bits per heavy atom. The molecule has 1 nitrogen and oxygen atoms in total. The van der Waals surface area contributed by atoms with Gasteiger partial charge in [0.2, 0.25) is 5.54 Å². The van der Waals surface area contributed by atoms with Crippen LogP contribution in [0.2, 0.25) is 0 Å². The molecule has 1 N–H and O–H groups in total. The van der Waals surface area contributed by atoms with Crippen LogP contribution < -0.4 is 5.32 Å². The number of nitrogens with one attached hydrogen (secondary N) is 1. The molecule has 17 heavy (non-hydrogen) atoms. The van der Waals surface area contributed by atoms with E-state index in [0.29, 0.717) is 0 Å². The van der Waals surface area contributed by atoms with Gasteiger partial charge in [-0.05, 0) is 6.42 Å². The predicted molar refractivity (Wildman–Crippen MR) is 47.5 cm³/mol. The van der Waals surface area contributed by atoms with Crippen molar-refractivity contribution in [2.75, 3.05) is 0 Å². The van der Waals surface area contributed by atoms with Crippen LogP contribution in [0.5, 0.6) is 0 Å². The molecule has 2 rings (SSSR count). The molecule has 1 aliphatic carbocycles. The van der Waals surface area contributed by atoms with E-state index in [0.717, 1.165) is 0 Å². The average molecular weight is 330 g/mol. The minimum Gasteiger partial charge on any atom is -0.289 e. The highest BCUT2D eigenvalue weighted by Gasteiger charge is 2.81. The van der Waals surface area contributed by atoms with E-state index in [1.165, 1.54) is 5.32 Å². The molecular formula is C8H7BrF7N. The van der Waals surface area contributed by atoms with Crippen LogP contribution in [0.1, 0.15) is 6.42 Å². The lowest BCUT2D eigenvalue weighted by Crippen LogP contribution is -2.70. The van der Waals surface area contributed by atoms with E-state index in [1.807, 2.05) is 0 Å². The first-order valence-corrected chi connectivity index (χ1v) is 5.63. The SMILES string of the molecule is F[C@@H]1C[C@@H]2[C@@H](Br)[C@@H]1NC2(C(F)(F)F)C(F)(F)F. The Labute approximate surface area is 99.9 Å². The summed E-state index contributed by atoms with van der Waals surface area (Å²) < 4.78 is 89.6. The molecule has 100 valence electrons. The van der Waals surface area contributed by atoms with Crippen LogP contribution in [-0.2, 0) is 0 Å². The third-order valence-corrected chi connectivity index (χ3v) is 4.65. The van der Waals surface area contributed by atoms with Gasteiger partial charge in [0.05, 0.1) is 6.04 Å². The smallest absolute Gasteiger partial charge is 0.289 e. The molecule has 1 saturated heterocycles. The van der Waals surface area contributed by atoms with Crippen LogP contribution in [0.25, 0.3) is 0 Å². The zero-order valence-corrected chi connectivity index (χ0v) is 9.63. The summed E-state index contributed by atoms with van der Waals surface area (Å²) in [7, 11) is 0. The van der Waals surface area contributed by atoms with Gasteiger partial charge in [-0.15, -0.1) is 0 Å². The van der Waals surface area contributed by atoms with Gasteiger partial charge in [-0.3, -0.25) is 5.32 Å². The van der Waals surface area contributed by atoms with Crippen LogP contribution in [-0.4, -0.2) is 34.9 Å². The summed E-state index contributed by atoms with van der Waals surface area (Å²) in [6.45, 7) is 0. The van der Waals surface area contributed by atoms with Crippen LogP contribution in [0.3, 0.4) is 0 Å². The highest BCUT2D eigenvalue weighted by Crippen LogP contribution is 2.59. The first kappa shape index (κ1) is 13.4. The zero-order valence-electron chi connectivity index (χ0n) is 8.04. The molecule has 2 fully saturated rings. The topological polar surface area (TPSA) is 12.0 Å². The molecule has 0 aromatic rings. The molecule has 1 heterocycles. The second-order valence-corrected chi connectivity index (χ2v) is 5.33. The number of halogens is 8. The van der Waals surface area contributed by atoms with Gasteiger partial charge >= 0.3 is 12.4 Å². The van der Waals surface area contributed by atoms with Crippen molar-refractivity contribution in [3.63, 3.8) is 0 Å². The largest absolute Gasteiger partial charge is 0.415 e. The van der Waals surface area contributed by atoms with E-state index in [1.54, 1.807) is 0 Å². The van der Waals surface area contributed by atoms with E-state index in [-0.39, 0.29) is 0 Å². The third kappa shape index (κ3) is 1.54. The van der Waals surface area contributed by atoms with Crippen LogP contribution >= 0.6 is 15.9 Å². The number of piperidine rings is 1. The van der Waals surface area contributed by atoms with Crippen LogP contribution in [0.15, 0.2) is 0 Å². The Morgan fingerprint density at radius 2 is 1.53 bits per heavy atom. The molecular weight excluding hydrogens is 323 g/mol. The molecule has 0 spiro atoms. The highest BCUT2D eigenvalue weighted by atomic mass is 79.9. The standard InChI is InChI=1S/C8H7BrF7N/c9-4-2-1-3(10)5(4)17-6(2,7(11,12)13)8(14,15)16/h2-5,17H,1H2/t2-,3-,4-,5-/m1/s1. The van der Waals surface area contributed by atoms with Gasteiger partial charge in [-0.1, -0.05) is 15.9 Å². The first-order valence-electron chi connectivity index (χ1n) is 4.71. The Kier molecular flexibility index (Phi) is 2.75. The second-order valence-electron chi connectivity index (χ2n) is 4.28. The molecule has 1 aliphatic heterocycles. The van der Waals surface area contributed by atoms with Crippen molar-refractivity contribution in [3.05, 3.63) is 0 Å². The van der Waals surface area contributed by atoms with E-state index >= 15 is 0 Å². The van der Waals surface area contributed by atoms with Crippen LogP contribution in [0.4, 0.5) is 30.7 Å². The quantitative estimate of drug-likeness (QED) is 0.532. The maximum absolute atomic E-state index is 13.2. The average Bonchev–Trinajstić information content (AvgIpc) is 2.53. The number of hydrogen-bond acceptors (Lipinski definition) is 1. The minimum atomic E-state index is -5.50. The van der Waals surface area contributed by atoms with Crippen molar-refractivity contribution in [2.24, 2.45) is 5.92 Å². The minimum absolute atomic E-state index is 0.743. The van der Waals surface area contributed by atoms with Gasteiger partial charge in [0, 0.05) is 10.7 Å². The second kappa shape index (κ2) is 3.49. The van der Waals surface area contributed by atoms with E-state index in [4.69, 9.17) is 0 Å². The fourth-order valence-corrected chi connectivity index (χ4v) is 3.75. The summed E-state index contributed by atoms with van der Waals surface area (Å²) in [5, 5.41) is 1.41. The Balaban J connectivity index is 2.48. The molecule has 9 heteroatoms. The Hall–Kier alpha value is -0.0500. The number of fused-ring (bicyclic) bond motifs is 2. The van der Waals surface area contributed by atoms with Crippen molar-refractivity contribution in [3.8, 4) is 0 Å². The van der Waals surface area contributed by atoms with Crippen LogP contribution in [0, 0.1) is 5.92 Å². The monoisotopic (exact) mass is 329 g/mol. The molecule has 0 unspecified atom stereocenters. The fourth-order valence-electron chi connectivity index (χ4n) is 2.67. The number of rotatable bonds is 0. The molecule has 0 aromatic carbocycles. The molecule has 1 saturated carbocycles. The summed E-state index contributed by atoms with van der Waals surface area (Å²) >= 11 is 2.73. The number of alkyl halides is 8. The first-order chi connectivity index (χ1) is 7.52. The van der Waals surface area contributed by atoms with Crippen molar-refractivity contribution in [1.82, 2.24) is 5.32 Å². The molecule has 0 radical (unpaired) electrons. The van der Waals surface area contributed by atoms with Gasteiger partial charge in [0.15, 0.2) is 0 Å². The summed E-state index contributed by atoms with van der Waals surface area (Å²) in [5.41, 5.74) is -4.00. The molecule has 2 bridgehead atoms. The summed E-state index contributed by atoms with van der Waals surface area (Å²) in [4.78, 5) is -1.17.